The van der Waals surface area contributed by atoms with Crippen molar-refractivity contribution in [2.24, 2.45) is 7.05 Å². The van der Waals surface area contributed by atoms with Crippen molar-refractivity contribution in [1.29, 1.82) is 0 Å². The van der Waals surface area contributed by atoms with E-state index in [-0.39, 0.29) is 12.1 Å². The molecule has 138 valence electrons. The van der Waals surface area contributed by atoms with E-state index in [0.29, 0.717) is 17.1 Å². The zero-order valence-corrected chi connectivity index (χ0v) is 14.5. The van der Waals surface area contributed by atoms with Crippen LogP contribution >= 0.6 is 0 Å². The van der Waals surface area contributed by atoms with Gasteiger partial charge in [-0.1, -0.05) is 0 Å². The van der Waals surface area contributed by atoms with Crippen LogP contribution in [0.15, 0.2) is 22.8 Å². The molecule has 0 saturated heterocycles. The van der Waals surface area contributed by atoms with Gasteiger partial charge in [0.1, 0.15) is 5.76 Å². The normalized spacial score (nSPS) is 10.3. The van der Waals surface area contributed by atoms with Gasteiger partial charge in [0.25, 0.3) is 11.7 Å². The topological polar surface area (TPSA) is 133 Å². The Hall–Kier alpha value is -3.43. The number of aryl methyl sites for hydroxylation is 2. The van der Waals surface area contributed by atoms with E-state index < -0.39 is 30.3 Å². The number of amides is 3. The third-order valence-electron chi connectivity index (χ3n) is 3.51. The van der Waals surface area contributed by atoms with E-state index in [4.69, 9.17) is 4.42 Å². The van der Waals surface area contributed by atoms with Crippen LogP contribution in [-0.2, 0) is 27.9 Å². The van der Waals surface area contributed by atoms with Gasteiger partial charge in [-0.25, -0.2) is 9.59 Å². The largest absolute Gasteiger partial charge is 0.467 e. The number of carbonyl (C=O) groups excluding carboxylic acids is 4. The number of furan rings is 1. The lowest BCUT2D eigenvalue weighted by Crippen LogP contribution is -2.41. The molecule has 10 nitrogen and oxygen atoms in total. The summed E-state index contributed by atoms with van der Waals surface area (Å²) in [5, 5.41) is 8.39. The van der Waals surface area contributed by atoms with E-state index >= 15 is 0 Å². The van der Waals surface area contributed by atoms with Gasteiger partial charge in [-0.3, -0.25) is 19.6 Å². The van der Waals surface area contributed by atoms with Crippen molar-refractivity contribution in [1.82, 2.24) is 20.4 Å². The molecule has 0 unspecified atom stereocenters. The lowest BCUT2D eigenvalue weighted by Gasteiger charge is -2.06. The van der Waals surface area contributed by atoms with Crippen molar-refractivity contribution in [3.05, 3.63) is 41.1 Å². The zero-order chi connectivity index (χ0) is 19.3. The Labute approximate surface area is 148 Å². The molecule has 0 aliphatic heterocycles. The molecule has 26 heavy (non-hydrogen) atoms. The van der Waals surface area contributed by atoms with Crippen LogP contribution in [0.25, 0.3) is 0 Å². The van der Waals surface area contributed by atoms with Crippen LogP contribution in [0, 0.1) is 13.8 Å². The first-order valence-electron chi connectivity index (χ1n) is 7.61. The fourth-order valence-electron chi connectivity index (χ4n) is 2.19. The maximum atomic E-state index is 12.1. The Kier molecular flexibility index (Phi) is 5.89. The molecule has 0 saturated carbocycles. The highest BCUT2D eigenvalue weighted by Crippen LogP contribution is 2.13. The van der Waals surface area contributed by atoms with Gasteiger partial charge in [0, 0.05) is 12.7 Å². The van der Waals surface area contributed by atoms with Gasteiger partial charge in [0.05, 0.1) is 24.1 Å². The SMILES string of the molecule is Cc1nn(C)c(C)c1C(=O)C(=O)OCC(=O)NC(=O)NCc1ccco1. The Bertz CT molecular complexity index is 837. The summed E-state index contributed by atoms with van der Waals surface area (Å²) in [6, 6.07) is 2.52. The fraction of sp³-hybridized carbons (Fsp3) is 0.312. The Morgan fingerprint density at radius 3 is 2.58 bits per heavy atom. The second-order valence-corrected chi connectivity index (χ2v) is 5.38. The summed E-state index contributed by atoms with van der Waals surface area (Å²) in [7, 11) is 1.64. The maximum absolute atomic E-state index is 12.1. The molecular formula is C16H18N4O6. The molecule has 0 aliphatic carbocycles. The maximum Gasteiger partial charge on any atom is 0.380 e. The quantitative estimate of drug-likeness (QED) is 0.431. The van der Waals surface area contributed by atoms with Crippen molar-refractivity contribution in [3.8, 4) is 0 Å². The van der Waals surface area contributed by atoms with Crippen molar-refractivity contribution in [2.75, 3.05) is 6.61 Å². The highest BCUT2D eigenvalue weighted by Gasteiger charge is 2.26. The number of hydrogen-bond donors (Lipinski definition) is 2. The third kappa shape index (κ3) is 4.56. The summed E-state index contributed by atoms with van der Waals surface area (Å²) in [6.07, 6.45) is 1.45. The molecule has 2 N–H and O–H groups in total. The monoisotopic (exact) mass is 362 g/mol. The minimum absolute atomic E-state index is 0.0872. The summed E-state index contributed by atoms with van der Waals surface area (Å²) in [6.45, 7) is 2.54. The first kappa shape index (κ1) is 18.9. The molecule has 0 radical (unpaired) electrons. The van der Waals surface area contributed by atoms with Gasteiger partial charge >= 0.3 is 12.0 Å². The second kappa shape index (κ2) is 8.10. The lowest BCUT2D eigenvalue weighted by molar-refractivity contribution is -0.143. The van der Waals surface area contributed by atoms with Gasteiger partial charge in [0.2, 0.25) is 0 Å². The number of carbonyl (C=O) groups is 4. The van der Waals surface area contributed by atoms with Gasteiger partial charge in [-0.15, -0.1) is 0 Å². The summed E-state index contributed by atoms with van der Waals surface area (Å²) in [5.41, 5.74) is 1.02. The number of nitrogens with zero attached hydrogens (tertiary/aromatic N) is 2. The average molecular weight is 362 g/mol. The van der Waals surface area contributed by atoms with Crippen molar-refractivity contribution in [2.45, 2.75) is 20.4 Å². The number of ketones is 1. The standard InChI is InChI=1S/C16H18N4O6/c1-9-13(10(2)20(3)19-9)14(22)15(23)26-8-12(21)18-16(24)17-7-11-5-4-6-25-11/h4-6H,7-8H2,1-3H3,(H2,17,18,21,24). The highest BCUT2D eigenvalue weighted by molar-refractivity contribution is 6.41. The minimum atomic E-state index is -1.20. The molecule has 0 atom stereocenters. The van der Waals surface area contributed by atoms with E-state index in [1.165, 1.54) is 10.9 Å². The van der Waals surface area contributed by atoms with Crippen LogP contribution < -0.4 is 10.6 Å². The number of urea groups is 1. The van der Waals surface area contributed by atoms with Crippen LogP contribution in [0.5, 0.6) is 0 Å². The molecule has 0 bridgehead atoms. The van der Waals surface area contributed by atoms with E-state index in [9.17, 15) is 19.2 Å². The summed E-state index contributed by atoms with van der Waals surface area (Å²) in [5.74, 6) is -2.46. The van der Waals surface area contributed by atoms with Crippen molar-refractivity contribution < 1.29 is 28.3 Å². The predicted octanol–water partition coefficient (Wildman–Crippen LogP) is 0.382. The molecule has 2 aromatic heterocycles. The van der Waals surface area contributed by atoms with E-state index in [0.717, 1.165) is 0 Å². The third-order valence-corrected chi connectivity index (χ3v) is 3.51. The Morgan fingerprint density at radius 1 is 1.27 bits per heavy atom. The van der Waals surface area contributed by atoms with Crippen molar-refractivity contribution >= 4 is 23.7 Å². The number of ether oxygens (including phenoxy) is 1. The number of rotatable bonds is 6. The summed E-state index contributed by atoms with van der Waals surface area (Å²) < 4.78 is 11.1. The first-order chi connectivity index (χ1) is 12.3. The van der Waals surface area contributed by atoms with Gasteiger partial charge in [0.15, 0.2) is 6.61 Å². The zero-order valence-electron chi connectivity index (χ0n) is 14.5. The van der Waals surface area contributed by atoms with Crippen LogP contribution in [0.2, 0.25) is 0 Å². The summed E-state index contributed by atoms with van der Waals surface area (Å²) >= 11 is 0. The van der Waals surface area contributed by atoms with Crippen LogP contribution in [0.1, 0.15) is 27.5 Å². The minimum Gasteiger partial charge on any atom is -0.467 e. The molecule has 3 amide bonds. The van der Waals surface area contributed by atoms with E-state index in [1.807, 2.05) is 5.32 Å². The number of aromatic nitrogens is 2. The predicted molar refractivity (Wildman–Crippen MR) is 87.1 cm³/mol. The van der Waals surface area contributed by atoms with Crippen LogP contribution in [0.3, 0.4) is 0 Å². The number of esters is 1. The second-order valence-electron chi connectivity index (χ2n) is 5.38. The highest BCUT2D eigenvalue weighted by atomic mass is 16.5. The lowest BCUT2D eigenvalue weighted by atomic mass is 10.1. The molecule has 0 aromatic carbocycles. The van der Waals surface area contributed by atoms with Crippen LogP contribution in [-0.4, -0.2) is 40.1 Å². The Morgan fingerprint density at radius 2 is 2.00 bits per heavy atom. The first-order valence-corrected chi connectivity index (χ1v) is 7.61. The van der Waals surface area contributed by atoms with Gasteiger partial charge in [-0.2, -0.15) is 5.10 Å². The average Bonchev–Trinajstić information content (AvgIpc) is 3.19. The smallest absolute Gasteiger partial charge is 0.380 e. The van der Waals surface area contributed by atoms with E-state index in [1.54, 1.807) is 33.0 Å². The number of hydrogen-bond acceptors (Lipinski definition) is 7. The molecule has 2 aromatic rings. The number of imide groups is 1. The molecule has 0 fully saturated rings. The van der Waals surface area contributed by atoms with Gasteiger partial charge < -0.3 is 14.5 Å². The van der Waals surface area contributed by atoms with Crippen LogP contribution in [0.4, 0.5) is 4.79 Å². The van der Waals surface area contributed by atoms with Crippen molar-refractivity contribution in [3.63, 3.8) is 0 Å². The number of Topliss-reactive ketones (excluding diaryl/α,β-unsaturated/α-hetero) is 1. The Balaban J connectivity index is 1.80. The summed E-state index contributed by atoms with van der Waals surface area (Å²) in [4.78, 5) is 47.1. The van der Waals surface area contributed by atoms with E-state index in [2.05, 4.69) is 15.2 Å². The molecule has 10 heteroatoms. The molecular weight excluding hydrogens is 344 g/mol. The van der Waals surface area contributed by atoms with Gasteiger partial charge in [-0.05, 0) is 26.0 Å². The fourth-order valence-corrected chi connectivity index (χ4v) is 2.19. The molecule has 0 spiro atoms. The number of nitrogens with one attached hydrogen (secondary N) is 2. The molecule has 0 aliphatic rings. The molecule has 2 heterocycles. The molecule has 2 rings (SSSR count).